The zero-order chi connectivity index (χ0) is 16.1. The number of aliphatic hydroxyl groups excluding tert-OH is 1. The van der Waals surface area contributed by atoms with E-state index in [0.717, 1.165) is 12.0 Å². The summed E-state index contributed by atoms with van der Waals surface area (Å²) in [6, 6.07) is 16.8. The van der Waals surface area contributed by atoms with E-state index in [1.807, 2.05) is 48.5 Å². The first-order valence-corrected chi connectivity index (χ1v) is 7.55. The zero-order valence-electron chi connectivity index (χ0n) is 12.6. The number of aromatic nitrogens is 1. The Morgan fingerprint density at radius 3 is 2.61 bits per heavy atom. The summed E-state index contributed by atoms with van der Waals surface area (Å²) >= 11 is 0. The highest BCUT2D eigenvalue weighted by Crippen LogP contribution is 2.24. The summed E-state index contributed by atoms with van der Waals surface area (Å²) in [7, 11) is 0. The van der Waals surface area contributed by atoms with E-state index < -0.39 is 12.1 Å². The number of oxazole rings is 1. The standard InChI is InChI=1S/C18H18N2O3/c21-12-19-15(11-10-13-6-2-1-3-7-13)17(22)18-20-14-8-4-5-9-16(14)23-18/h1-9,12,15,17,22H,10-11H2,(H,19,21)/t15-,17-/m0/s1. The van der Waals surface area contributed by atoms with Gasteiger partial charge in [-0.25, -0.2) is 4.98 Å². The quantitative estimate of drug-likeness (QED) is 0.658. The van der Waals surface area contributed by atoms with Gasteiger partial charge < -0.3 is 14.8 Å². The fraction of sp³-hybridized carbons (Fsp3) is 0.222. The van der Waals surface area contributed by atoms with Crippen LogP contribution >= 0.6 is 0 Å². The van der Waals surface area contributed by atoms with Crippen LogP contribution in [0.1, 0.15) is 24.0 Å². The van der Waals surface area contributed by atoms with Crippen LogP contribution in [-0.2, 0) is 11.2 Å². The molecular weight excluding hydrogens is 292 g/mol. The third-order valence-electron chi connectivity index (χ3n) is 3.81. The molecule has 5 heteroatoms. The van der Waals surface area contributed by atoms with Crippen molar-refractivity contribution in [2.75, 3.05) is 0 Å². The summed E-state index contributed by atoms with van der Waals surface area (Å²) in [5, 5.41) is 13.2. The van der Waals surface area contributed by atoms with E-state index in [2.05, 4.69) is 10.3 Å². The van der Waals surface area contributed by atoms with Gasteiger partial charge in [-0.2, -0.15) is 0 Å². The molecule has 0 unspecified atom stereocenters. The Bertz CT molecular complexity index is 737. The predicted octanol–water partition coefficient (Wildman–Crippen LogP) is 2.61. The number of amides is 1. The number of rotatable bonds is 7. The average Bonchev–Trinajstić information content (AvgIpc) is 3.03. The number of hydrogen-bond acceptors (Lipinski definition) is 4. The van der Waals surface area contributed by atoms with Gasteiger partial charge in [0.2, 0.25) is 12.3 Å². The van der Waals surface area contributed by atoms with Gasteiger partial charge in [0.15, 0.2) is 11.7 Å². The molecule has 2 N–H and O–H groups in total. The Kier molecular flexibility index (Phi) is 4.68. The van der Waals surface area contributed by atoms with Gasteiger partial charge in [-0.3, -0.25) is 4.79 Å². The molecule has 5 nitrogen and oxygen atoms in total. The highest BCUT2D eigenvalue weighted by Gasteiger charge is 2.25. The number of benzene rings is 2. The van der Waals surface area contributed by atoms with Crippen molar-refractivity contribution in [2.45, 2.75) is 25.0 Å². The maximum absolute atomic E-state index is 10.9. The summed E-state index contributed by atoms with van der Waals surface area (Å²) in [4.78, 5) is 15.2. The van der Waals surface area contributed by atoms with Crippen LogP contribution in [0.25, 0.3) is 11.1 Å². The van der Waals surface area contributed by atoms with Crippen LogP contribution in [0.15, 0.2) is 59.0 Å². The van der Waals surface area contributed by atoms with Gasteiger partial charge in [0.1, 0.15) is 5.52 Å². The molecule has 2 atom stereocenters. The molecule has 118 valence electrons. The van der Waals surface area contributed by atoms with Crippen LogP contribution in [0.5, 0.6) is 0 Å². The second-order valence-corrected chi connectivity index (χ2v) is 5.38. The molecule has 0 saturated heterocycles. The topological polar surface area (TPSA) is 75.4 Å². The molecular formula is C18H18N2O3. The SMILES string of the molecule is O=CN[C@@H](CCc1ccccc1)[C@H](O)c1nc2ccccc2o1. The van der Waals surface area contributed by atoms with Crippen LogP contribution in [0.3, 0.4) is 0 Å². The number of hydrogen-bond donors (Lipinski definition) is 2. The highest BCUT2D eigenvalue weighted by molar-refractivity contribution is 5.72. The van der Waals surface area contributed by atoms with Crippen molar-refractivity contribution in [2.24, 2.45) is 0 Å². The van der Waals surface area contributed by atoms with E-state index in [0.29, 0.717) is 23.9 Å². The highest BCUT2D eigenvalue weighted by atomic mass is 16.4. The molecule has 0 spiro atoms. The number of carbonyl (C=O) groups excluding carboxylic acids is 1. The number of para-hydroxylation sites is 2. The lowest BCUT2D eigenvalue weighted by atomic mass is 10.0. The minimum atomic E-state index is -0.990. The second-order valence-electron chi connectivity index (χ2n) is 5.38. The van der Waals surface area contributed by atoms with Crippen molar-refractivity contribution in [3.8, 4) is 0 Å². The molecule has 1 aromatic heterocycles. The van der Waals surface area contributed by atoms with Crippen molar-refractivity contribution in [1.29, 1.82) is 0 Å². The molecule has 0 aliphatic rings. The predicted molar refractivity (Wildman–Crippen MR) is 86.7 cm³/mol. The number of fused-ring (bicyclic) bond motifs is 1. The largest absolute Gasteiger partial charge is 0.438 e. The molecule has 1 heterocycles. The monoisotopic (exact) mass is 310 g/mol. The normalized spacial score (nSPS) is 13.6. The van der Waals surface area contributed by atoms with Crippen molar-refractivity contribution < 1.29 is 14.3 Å². The number of carbonyl (C=O) groups is 1. The first-order chi connectivity index (χ1) is 11.3. The third kappa shape index (κ3) is 3.57. The van der Waals surface area contributed by atoms with Crippen LogP contribution < -0.4 is 5.32 Å². The van der Waals surface area contributed by atoms with Crippen LogP contribution in [-0.4, -0.2) is 22.5 Å². The molecule has 3 rings (SSSR count). The van der Waals surface area contributed by atoms with E-state index in [9.17, 15) is 9.90 Å². The van der Waals surface area contributed by atoms with Gasteiger partial charge in [0.25, 0.3) is 0 Å². The molecule has 0 fully saturated rings. The third-order valence-corrected chi connectivity index (χ3v) is 3.81. The van der Waals surface area contributed by atoms with Crippen molar-refractivity contribution in [3.05, 3.63) is 66.1 Å². The van der Waals surface area contributed by atoms with Gasteiger partial charge >= 0.3 is 0 Å². The van der Waals surface area contributed by atoms with Gasteiger partial charge in [0, 0.05) is 0 Å². The van der Waals surface area contributed by atoms with E-state index in [-0.39, 0.29) is 5.89 Å². The Hall–Kier alpha value is -2.66. The van der Waals surface area contributed by atoms with E-state index in [1.54, 1.807) is 6.07 Å². The number of aryl methyl sites for hydroxylation is 1. The summed E-state index contributed by atoms with van der Waals surface area (Å²) in [5.41, 5.74) is 2.46. The Morgan fingerprint density at radius 2 is 1.87 bits per heavy atom. The van der Waals surface area contributed by atoms with Gasteiger partial charge in [-0.1, -0.05) is 42.5 Å². The Labute approximate surface area is 134 Å². The molecule has 23 heavy (non-hydrogen) atoms. The lowest BCUT2D eigenvalue weighted by Crippen LogP contribution is -2.34. The molecule has 2 aromatic carbocycles. The smallest absolute Gasteiger partial charge is 0.226 e. The van der Waals surface area contributed by atoms with E-state index >= 15 is 0 Å². The van der Waals surface area contributed by atoms with Crippen LogP contribution in [0, 0.1) is 0 Å². The summed E-state index contributed by atoms with van der Waals surface area (Å²) in [6.07, 6.45) is 0.935. The molecule has 1 amide bonds. The molecule has 0 aliphatic carbocycles. The minimum absolute atomic E-state index is 0.221. The second kappa shape index (κ2) is 7.07. The maximum Gasteiger partial charge on any atom is 0.226 e. The average molecular weight is 310 g/mol. The molecule has 0 bridgehead atoms. The summed E-state index contributed by atoms with van der Waals surface area (Å²) in [6.45, 7) is 0. The Morgan fingerprint density at radius 1 is 1.13 bits per heavy atom. The molecule has 0 radical (unpaired) electrons. The number of nitrogens with zero attached hydrogens (tertiary/aromatic N) is 1. The van der Waals surface area contributed by atoms with Crippen LogP contribution in [0.2, 0.25) is 0 Å². The van der Waals surface area contributed by atoms with Crippen molar-refractivity contribution in [3.63, 3.8) is 0 Å². The first kappa shape index (κ1) is 15.2. The fourth-order valence-electron chi connectivity index (χ4n) is 2.58. The van der Waals surface area contributed by atoms with Gasteiger partial charge in [-0.15, -0.1) is 0 Å². The zero-order valence-corrected chi connectivity index (χ0v) is 12.6. The van der Waals surface area contributed by atoms with Crippen molar-refractivity contribution in [1.82, 2.24) is 10.3 Å². The van der Waals surface area contributed by atoms with Gasteiger partial charge in [0.05, 0.1) is 6.04 Å². The lowest BCUT2D eigenvalue weighted by molar-refractivity contribution is -0.111. The van der Waals surface area contributed by atoms with Crippen LogP contribution in [0.4, 0.5) is 0 Å². The van der Waals surface area contributed by atoms with Gasteiger partial charge in [-0.05, 0) is 30.5 Å². The van der Waals surface area contributed by atoms with Crippen molar-refractivity contribution >= 4 is 17.5 Å². The fourth-order valence-corrected chi connectivity index (χ4v) is 2.58. The number of nitrogens with one attached hydrogen (secondary N) is 1. The minimum Gasteiger partial charge on any atom is -0.438 e. The summed E-state index contributed by atoms with van der Waals surface area (Å²) in [5.74, 6) is 0.221. The van der Waals surface area contributed by atoms with E-state index in [4.69, 9.17) is 4.42 Å². The van der Waals surface area contributed by atoms with E-state index in [1.165, 1.54) is 0 Å². The molecule has 0 saturated carbocycles. The summed E-state index contributed by atoms with van der Waals surface area (Å²) < 4.78 is 5.59. The number of aliphatic hydroxyl groups is 1. The lowest BCUT2D eigenvalue weighted by Gasteiger charge is -2.19. The molecule has 0 aliphatic heterocycles. The maximum atomic E-state index is 10.9. The molecule has 3 aromatic rings. The Balaban J connectivity index is 1.75. The first-order valence-electron chi connectivity index (χ1n) is 7.55.